The highest BCUT2D eigenvalue weighted by Gasteiger charge is 2.12. The number of benzene rings is 2. The number of amides is 2. The molecule has 0 aliphatic heterocycles. The Morgan fingerprint density at radius 1 is 1.12 bits per heavy atom. The first-order valence-electron chi connectivity index (χ1n) is 8.25. The second kappa shape index (κ2) is 10.6. The van der Waals surface area contributed by atoms with E-state index in [1.165, 1.54) is 0 Å². The predicted molar refractivity (Wildman–Crippen MR) is 98.9 cm³/mol. The van der Waals surface area contributed by atoms with Crippen LogP contribution in [0.3, 0.4) is 0 Å². The second-order valence-electron chi connectivity index (χ2n) is 5.50. The van der Waals surface area contributed by atoms with E-state index in [9.17, 15) is 9.90 Å². The van der Waals surface area contributed by atoms with Crippen molar-refractivity contribution in [2.75, 3.05) is 26.3 Å². The first-order valence-corrected chi connectivity index (χ1v) is 8.63. The second-order valence-corrected chi connectivity index (χ2v) is 5.90. The summed E-state index contributed by atoms with van der Waals surface area (Å²) in [4.78, 5) is 13.9. The number of carbonyl (C=O) groups is 1. The lowest BCUT2D eigenvalue weighted by atomic mass is 10.2. The number of halogens is 1. The van der Waals surface area contributed by atoms with Gasteiger partial charge in [0.15, 0.2) is 0 Å². The highest BCUT2D eigenvalue weighted by molar-refractivity contribution is 6.32. The van der Waals surface area contributed by atoms with Gasteiger partial charge >= 0.3 is 6.03 Å². The number of aliphatic hydroxyl groups excluding tert-OH is 1. The van der Waals surface area contributed by atoms with Crippen LogP contribution in [0.25, 0.3) is 0 Å². The summed E-state index contributed by atoms with van der Waals surface area (Å²) in [5.74, 6) is 0.640. The molecule has 0 radical (unpaired) electrons. The van der Waals surface area contributed by atoms with Crippen molar-refractivity contribution >= 4 is 17.6 Å². The maximum absolute atomic E-state index is 12.3. The molecule has 0 bridgehead atoms. The summed E-state index contributed by atoms with van der Waals surface area (Å²) in [7, 11) is 0. The third-order valence-electron chi connectivity index (χ3n) is 3.56. The largest absolute Gasteiger partial charge is 0.492 e. The minimum Gasteiger partial charge on any atom is -0.492 e. The summed E-state index contributed by atoms with van der Waals surface area (Å²) in [5, 5.41) is 12.6. The van der Waals surface area contributed by atoms with Gasteiger partial charge in [-0.3, -0.25) is 0 Å². The van der Waals surface area contributed by atoms with Gasteiger partial charge in [-0.05, 0) is 24.1 Å². The lowest BCUT2D eigenvalue weighted by Gasteiger charge is -2.22. The van der Waals surface area contributed by atoms with Gasteiger partial charge in [-0.15, -0.1) is 0 Å². The molecule has 2 aromatic rings. The fraction of sp³-hybridized carbons (Fsp3) is 0.316. The summed E-state index contributed by atoms with van der Waals surface area (Å²) >= 11 is 6.02. The Balaban J connectivity index is 1.72. The normalized spacial score (nSPS) is 10.3. The molecule has 0 fully saturated rings. The molecule has 6 heteroatoms. The van der Waals surface area contributed by atoms with Crippen LogP contribution in [0.4, 0.5) is 4.79 Å². The van der Waals surface area contributed by atoms with Gasteiger partial charge in [0.05, 0.1) is 18.2 Å². The molecule has 5 nitrogen and oxygen atoms in total. The minimum absolute atomic E-state index is 0.0735. The van der Waals surface area contributed by atoms with E-state index in [4.69, 9.17) is 16.3 Å². The van der Waals surface area contributed by atoms with Crippen LogP contribution < -0.4 is 10.1 Å². The first-order chi connectivity index (χ1) is 12.2. The van der Waals surface area contributed by atoms with Crippen LogP contribution in [0.2, 0.25) is 5.02 Å². The van der Waals surface area contributed by atoms with Crippen molar-refractivity contribution in [3.05, 3.63) is 65.2 Å². The Hall–Kier alpha value is -2.24. The zero-order valence-corrected chi connectivity index (χ0v) is 14.8. The topological polar surface area (TPSA) is 61.8 Å². The Kier molecular flexibility index (Phi) is 8.09. The van der Waals surface area contributed by atoms with Crippen LogP contribution in [-0.4, -0.2) is 42.3 Å². The molecule has 0 saturated carbocycles. The van der Waals surface area contributed by atoms with Gasteiger partial charge in [0.2, 0.25) is 0 Å². The number of aliphatic hydroxyl groups is 1. The average Bonchev–Trinajstić information content (AvgIpc) is 2.63. The number of hydrogen-bond donors (Lipinski definition) is 2. The van der Waals surface area contributed by atoms with Crippen molar-refractivity contribution in [1.82, 2.24) is 10.2 Å². The average molecular weight is 363 g/mol. The maximum Gasteiger partial charge on any atom is 0.317 e. The number of nitrogens with zero attached hydrogens (tertiary/aromatic N) is 1. The van der Waals surface area contributed by atoms with Crippen LogP contribution in [0.5, 0.6) is 5.75 Å². The summed E-state index contributed by atoms with van der Waals surface area (Å²) < 4.78 is 5.59. The molecule has 2 amide bonds. The van der Waals surface area contributed by atoms with Crippen molar-refractivity contribution < 1.29 is 14.6 Å². The smallest absolute Gasteiger partial charge is 0.317 e. The Morgan fingerprint density at radius 3 is 2.56 bits per heavy atom. The van der Waals surface area contributed by atoms with Crippen molar-refractivity contribution in [1.29, 1.82) is 0 Å². The van der Waals surface area contributed by atoms with Gasteiger partial charge in [-0.2, -0.15) is 0 Å². The molecule has 25 heavy (non-hydrogen) atoms. The molecule has 0 spiro atoms. The highest BCUT2D eigenvalue weighted by Crippen LogP contribution is 2.22. The van der Waals surface area contributed by atoms with Gasteiger partial charge in [-0.25, -0.2) is 4.79 Å². The summed E-state index contributed by atoms with van der Waals surface area (Å²) in [6.07, 6.45) is 0.662. The number of urea groups is 1. The number of hydrogen-bond acceptors (Lipinski definition) is 3. The molecule has 0 aromatic heterocycles. The van der Waals surface area contributed by atoms with E-state index in [-0.39, 0.29) is 19.2 Å². The zero-order valence-electron chi connectivity index (χ0n) is 14.0. The molecule has 2 rings (SSSR count). The monoisotopic (exact) mass is 362 g/mol. The van der Waals surface area contributed by atoms with Crippen LogP contribution in [0.15, 0.2) is 54.6 Å². The lowest BCUT2D eigenvalue weighted by molar-refractivity contribution is 0.173. The van der Waals surface area contributed by atoms with Crippen molar-refractivity contribution in [2.24, 2.45) is 0 Å². The number of para-hydroxylation sites is 1. The third kappa shape index (κ3) is 6.64. The third-order valence-corrected chi connectivity index (χ3v) is 3.88. The minimum atomic E-state index is -0.198. The molecule has 0 unspecified atom stereocenters. The molecule has 0 saturated heterocycles. The lowest BCUT2D eigenvalue weighted by Crippen LogP contribution is -2.41. The summed E-state index contributed by atoms with van der Waals surface area (Å²) in [6.45, 7) is 1.62. The molecule has 0 aliphatic rings. The van der Waals surface area contributed by atoms with Crippen molar-refractivity contribution in [3.63, 3.8) is 0 Å². The molecule has 2 N–H and O–H groups in total. The standard InChI is InChI=1S/C19H23ClN2O3/c20-17-9-4-5-10-18(17)25-14-6-11-21-19(24)22(12-13-23)15-16-7-2-1-3-8-16/h1-5,7-10,23H,6,11-15H2,(H,21,24). The molecule has 0 heterocycles. The fourth-order valence-corrected chi connectivity index (χ4v) is 2.49. The van der Waals surface area contributed by atoms with Gasteiger partial charge in [0.1, 0.15) is 5.75 Å². The zero-order chi connectivity index (χ0) is 17.9. The molecule has 0 aliphatic carbocycles. The van der Waals surface area contributed by atoms with Crippen LogP contribution in [0, 0.1) is 0 Å². The molecule has 0 atom stereocenters. The van der Waals surface area contributed by atoms with E-state index in [2.05, 4.69) is 5.32 Å². The van der Waals surface area contributed by atoms with E-state index in [0.717, 1.165) is 5.56 Å². The Labute approximate surface area is 153 Å². The fourth-order valence-electron chi connectivity index (χ4n) is 2.30. The summed E-state index contributed by atoms with van der Waals surface area (Å²) in [5.41, 5.74) is 1.02. The van der Waals surface area contributed by atoms with E-state index >= 15 is 0 Å². The van der Waals surface area contributed by atoms with E-state index in [1.807, 2.05) is 48.5 Å². The van der Waals surface area contributed by atoms with Gasteiger partial charge < -0.3 is 20.1 Å². The van der Waals surface area contributed by atoms with Crippen molar-refractivity contribution in [3.8, 4) is 5.75 Å². The van der Waals surface area contributed by atoms with Gasteiger partial charge in [0.25, 0.3) is 0 Å². The van der Waals surface area contributed by atoms with E-state index < -0.39 is 0 Å². The maximum atomic E-state index is 12.3. The Bertz CT molecular complexity index is 652. The predicted octanol–water partition coefficient (Wildman–Crippen LogP) is 3.31. The van der Waals surface area contributed by atoms with Gasteiger partial charge in [-0.1, -0.05) is 54.1 Å². The highest BCUT2D eigenvalue weighted by atomic mass is 35.5. The van der Waals surface area contributed by atoms with Crippen LogP contribution >= 0.6 is 11.6 Å². The quantitative estimate of drug-likeness (QED) is 0.673. The molecular weight excluding hydrogens is 340 g/mol. The molecular formula is C19H23ClN2O3. The molecule has 2 aromatic carbocycles. The number of carbonyl (C=O) groups excluding carboxylic acids is 1. The molecule has 134 valence electrons. The first kappa shape index (κ1) is 19.1. The van der Waals surface area contributed by atoms with E-state index in [0.29, 0.717) is 36.9 Å². The van der Waals surface area contributed by atoms with Gasteiger partial charge in [0, 0.05) is 19.6 Å². The number of rotatable bonds is 9. The van der Waals surface area contributed by atoms with Crippen LogP contribution in [-0.2, 0) is 6.54 Å². The Morgan fingerprint density at radius 2 is 1.84 bits per heavy atom. The summed E-state index contributed by atoms with van der Waals surface area (Å²) in [6, 6.07) is 16.8. The van der Waals surface area contributed by atoms with E-state index in [1.54, 1.807) is 11.0 Å². The SMILES string of the molecule is O=C(NCCCOc1ccccc1Cl)N(CCO)Cc1ccccc1. The van der Waals surface area contributed by atoms with Crippen LogP contribution in [0.1, 0.15) is 12.0 Å². The number of ether oxygens (including phenoxy) is 1. The number of nitrogens with one attached hydrogen (secondary N) is 1. The van der Waals surface area contributed by atoms with Crippen molar-refractivity contribution in [2.45, 2.75) is 13.0 Å².